The molecule has 2 aliphatic heterocycles. The van der Waals surface area contributed by atoms with Gasteiger partial charge < -0.3 is 14.2 Å². The number of ether oxygens (including phenoxy) is 3. The molecule has 1 N–H and O–H groups in total. The Morgan fingerprint density at radius 2 is 1.57 bits per heavy atom. The number of nitrogens with zero attached hydrogens (tertiary/aromatic N) is 1. The van der Waals surface area contributed by atoms with Crippen LogP contribution in [0, 0.1) is 5.41 Å². The van der Waals surface area contributed by atoms with E-state index in [0.717, 1.165) is 18.9 Å². The first kappa shape index (κ1) is 24.3. The molecule has 0 aromatic heterocycles. The van der Waals surface area contributed by atoms with E-state index in [2.05, 4.69) is 0 Å². The van der Waals surface area contributed by atoms with Crippen molar-refractivity contribution in [2.75, 3.05) is 13.7 Å². The molecular weight excluding hydrogens is 476 g/mol. The van der Waals surface area contributed by atoms with Gasteiger partial charge in [0.05, 0.1) is 5.57 Å². The van der Waals surface area contributed by atoms with Crippen molar-refractivity contribution in [3.63, 3.8) is 0 Å². The summed E-state index contributed by atoms with van der Waals surface area (Å²) in [5.41, 5.74) is 0.360. The predicted molar refractivity (Wildman–Crippen MR) is 123 cm³/mol. The summed E-state index contributed by atoms with van der Waals surface area (Å²) < 4.78 is 41.6. The van der Waals surface area contributed by atoms with Gasteiger partial charge in [-0.3, -0.25) is 19.9 Å². The Kier molecular flexibility index (Phi) is 6.55. The van der Waals surface area contributed by atoms with Gasteiger partial charge in [0.15, 0.2) is 22.6 Å². The third kappa shape index (κ3) is 4.24. The van der Waals surface area contributed by atoms with Crippen LogP contribution in [0.2, 0.25) is 0 Å². The highest BCUT2D eigenvalue weighted by Gasteiger charge is 2.63. The zero-order valence-electron chi connectivity index (χ0n) is 18.8. The minimum atomic E-state index is -4.39. The summed E-state index contributed by atoms with van der Waals surface area (Å²) in [5.74, 6) is -2.58. The molecule has 0 saturated carbocycles. The number of hydrogen-bond acceptors (Lipinski definition) is 9. The Labute approximate surface area is 201 Å². The summed E-state index contributed by atoms with van der Waals surface area (Å²) in [6.45, 7) is 0.395. The summed E-state index contributed by atoms with van der Waals surface area (Å²) in [7, 11) is -3.22. The molecule has 0 aliphatic carbocycles. The quantitative estimate of drug-likeness (QED) is 0.450. The number of rotatable bonds is 7. The van der Waals surface area contributed by atoms with E-state index >= 15 is 0 Å². The predicted octanol–water partition coefficient (Wildman–Crippen LogP) is 1.73. The van der Waals surface area contributed by atoms with Gasteiger partial charge in [0.25, 0.3) is 5.91 Å². The van der Waals surface area contributed by atoms with E-state index < -0.39 is 68.2 Å². The lowest BCUT2D eigenvalue weighted by molar-refractivity contribution is -0.164. The molecule has 2 heterocycles. The van der Waals surface area contributed by atoms with Crippen LogP contribution in [0.3, 0.4) is 0 Å². The molecule has 1 fully saturated rings. The van der Waals surface area contributed by atoms with E-state index in [0.29, 0.717) is 11.1 Å². The first-order valence-electron chi connectivity index (χ1n) is 10.5. The number of benzene rings is 2. The van der Waals surface area contributed by atoms with Crippen LogP contribution >= 0.6 is 0 Å². The van der Waals surface area contributed by atoms with Crippen molar-refractivity contribution in [3.8, 4) is 0 Å². The van der Waals surface area contributed by atoms with Crippen LogP contribution in [0.25, 0.3) is 0 Å². The molecule has 4 rings (SSSR count). The summed E-state index contributed by atoms with van der Waals surface area (Å²) in [5, 5.41) is 5.75. The van der Waals surface area contributed by atoms with Crippen molar-refractivity contribution in [2.24, 2.45) is 0 Å². The highest BCUT2D eigenvalue weighted by Crippen LogP contribution is 2.40. The lowest BCUT2D eigenvalue weighted by Gasteiger charge is -2.48. The van der Waals surface area contributed by atoms with E-state index in [-0.39, 0.29) is 0 Å². The number of esters is 2. The lowest BCUT2D eigenvalue weighted by atomic mass is 10.0. The van der Waals surface area contributed by atoms with Crippen LogP contribution in [0.15, 0.2) is 71.9 Å². The van der Waals surface area contributed by atoms with Gasteiger partial charge in [-0.25, -0.2) is 13.2 Å². The molecule has 35 heavy (non-hydrogen) atoms. The number of nitrogens with one attached hydrogen (secondary N) is 1. The molecule has 1 amide bonds. The lowest BCUT2D eigenvalue weighted by Crippen LogP contribution is -2.71. The van der Waals surface area contributed by atoms with Gasteiger partial charge in [0.1, 0.15) is 12.3 Å². The zero-order valence-corrected chi connectivity index (χ0v) is 19.7. The fourth-order valence-electron chi connectivity index (χ4n) is 4.02. The Morgan fingerprint density at radius 3 is 2.06 bits per heavy atom. The third-order valence-corrected chi connectivity index (χ3v) is 7.60. The smallest absolute Gasteiger partial charge is 0.356 e. The molecule has 2 aromatic rings. The Hall–Kier alpha value is -3.83. The summed E-state index contributed by atoms with van der Waals surface area (Å²) >= 11 is 0. The van der Waals surface area contributed by atoms with E-state index in [4.69, 9.17) is 19.6 Å². The number of β-lactam (4-membered cyclic amide) rings is 1. The number of methoxy groups -OCH3 is 1. The molecule has 10 nitrogen and oxygen atoms in total. The minimum Gasteiger partial charge on any atom is -0.461 e. The van der Waals surface area contributed by atoms with Crippen LogP contribution in [-0.2, 0) is 38.4 Å². The monoisotopic (exact) mass is 498 g/mol. The van der Waals surface area contributed by atoms with Crippen molar-refractivity contribution >= 4 is 32.7 Å². The second-order valence-electron chi connectivity index (χ2n) is 7.84. The standard InChI is InChI=1S/C24H22N2O8S/c1-14(27)33-13-17-18(26-22(28)20(32-2)23(26)35(30,31)21(17)25)24(29)34-19(15-9-5-3-6-10-15)16-11-7-4-8-12-16/h3-12,19-20,23,25H,13H2,1-2H3/t20?,23-/m1/s1. The van der Waals surface area contributed by atoms with Crippen molar-refractivity contribution in [3.05, 3.63) is 83.1 Å². The first-order valence-corrected chi connectivity index (χ1v) is 12.1. The average Bonchev–Trinajstić information content (AvgIpc) is 2.84. The molecule has 0 spiro atoms. The molecule has 11 heteroatoms. The Bertz CT molecular complexity index is 1280. The van der Waals surface area contributed by atoms with Gasteiger partial charge in [-0.05, 0) is 11.1 Å². The van der Waals surface area contributed by atoms with Gasteiger partial charge in [0.2, 0.25) is 9.84 Å². The van der Waals surface area contributed by atoms with E-state index in [9.17, 15) is 22.8 Å². The largest absolute Gasteiger partial charge is 0.461 e. The maximum absolute atomic E-state index is 13.6. The van der Waals surface area contributed by atoms with E-state index in [1.165, 1.54) is 0 Å². The fourth-order valence-corrected chi connectivity index (χ4v) is 5.80. The number of sulfone groups is 1. The molecule has 182 valence electrons. The molecular formula is C24H22N2O8S. The van der Waals surface area contributed by atoms with Crippen LogP contribution in [0.4, 0.5) is 0 Å². The van der Waals surface area contributed by atoms with Gasteiger partial charge in [0, 0.05) is 14.0 Å². The van der Waals surface area contributed by atoms with Gasteiger partial charge in [-0.2, -0.15) is 0 Å². The van der Waals surface area contributed by atoms with Crippen LogP contribution in [0.5, 0.6) is 0 Å². The molecule has 2 aliphatic rings. The van der Waals surface area contributed by atoms with Gasteiger partial charge in [-0.15, -0.1) is 0 Å². The number of carbonyl (C=O) groups is 3. The second-order valence-corrected chi connectivity index (χ2v) is 9.82. The summed E-state index contributed by atoms with van der Waals surface area (Å²) in [6, 6.07) is 17.7. The van der Waals surface area contributed by atoms with Gasteiger partial charge in [-0.1, -0.05) is 60.7 Å². The third-order valence-electron chi connectivity index (χ3n) is 5.69. The first-order chi connectivity index (χ1) is 16.7. The van der Waals surface area contributed by atoms with Gasteiger partial charge >= 0.3 is 11.9 Å². The normalized spacial score (nSPS) is 20.8. The molecule has 1 unspecified atom stereocenters. The van der Waals surface area contributed by atoms with E-state index in [1.54, 1.807) is 60.7 Å². The summed E-state index contributed by atoms with van der Waals surface area (Å²) in [4.78, 5) is 38.5. The van der Waals surface area contributed by atoms with E-state index in [1.807, 2.05) is 0 Å². The maximum atomic E-state index is 13.6. The highest BCUT2D eigenvalue weighted by atomic mass is 32.2. The zero-order chi connectivity index (χ0) is 25.3. The summed E-state index contributed by atoms with van der Waals surface area (Å²) in [6.07, 6.45) is -2.27. The number of fused-ring (bicyclic) bond motifs is 1. The number of amides is 1. The second kappa shape index (κ2) is 9.43. The minimum absolute atomic E-state index is 0.441. The average molecular weight is 499 g/mol. The van der Waals surface area contributed by atoms with Crippen molar-refractivity contribution in [1.82, 2.24) is 4.90 Å². The molecule has 2 aromatic carbocycles. The number of carbonyl (C=O) groups excluding carboxylic acids is 3. The SMILES string of the molecule is COC1C(=O)N2C(C(=O)OC(c3ccccc3)c3ccccc3)=C(COC(C)=O)C(=N)S(=O)(=O)[C@H]12. The molecule has 0 bridgehead atoms. The highest BCUT2D eigenvalue weighted by molar-refractivity contribution is 8.07. The fraction of sp³-hybridized carbons (Fsp3) is 0.250. The molecule has 0 radical (unpaired) electrons. The maximum Gasteiger partial charge on any atom is 0.356 e. The van der Waals surface area contributed by atoms with Crippen LogP contribution in [-0.4, -0.2) is 61.4 Å². The number of hydrogen-bond donors (Lipinski definition) is 1. The Balaban J connectivity index is 1.81. The molecule has 1 saturated heterocycles. The van der Waals surface area contributed by atoms with Crippen molar-refractivity contribution < 1.29 is 37.0 Å². The van der Waals surface area contributed by atoms with Crippen LogP contribution in [0.1, 0.15) is 24.2 Å². The topological polar surface area (TPSA) is 140 Å². The Morgan fingerprint density at radius 1 is 1.03 bits per heavy atom. The molecule has 2 atom stereocenters. The van der Waals surface area contributed by atoms with Crippen molar-refractivity contribution in [2.45, 2.75) is 24.5 Å². The van der Waals surface area contributed by atoms with Crippen molar-refractivity contribution in [1.29, 1.82) is 5.41 Å². The van der Waals surface area contributed by atoms with Crippen LogP contribution < -0.4 is 0 Å².